The first-order chi connectivity index (χ1) is 12.6. The van der Waals surface area contributed by atoms with Gasteiger partial charge in [0.25, 0.3) is 5.91 Å². The molecule has 2 rings (SSSR count). The summed E-state index contributed by atoms with van der Waals surface area (Å²) in [5.41, 5.74) is 2.65. The van der Waals surface area contributed by atoms with E-state index in [1.165, 1.54) is 6.20 Å². The fourth-order valence-corrected chi connectivity index (χ4v) is 2.25. The molecule has 0 aliphatic rings. The highest BCUT2D eigenvalue weighted by Gasteiger charge is 2.20. The molecule has 0 heterocycles. The molecule has 4 nitrogen and oxygen atoms in total. The summed E-state index contributed by atoms with van der Waals surface area (Å²) in [5.74, 6) is 3.92. The van der Waals surface area contributed by atoms with Gasteiger partial charge in [0.2, 0.25) is 0 Å². The minimum absolute atomic E-state index is 0.0319. The fraction of sp³-hybridized carbons (Fsp3) is 0.0909. The number of hydrogen-bond donors (Lipinski definition) is 2. The van der Waals surface area contributed by atoms with Crippen LogP contribution in [0.4, 0.5) is 5.69 Å². The van der Waals surface area contributed by atoms with Gasteiger partial charge in [-0.2, -0.15) is 0 Å². The maximum Gasteiger partial charge on any atom is 0.257 e. The summed E-state index contributed by atoms with van der Waals surface area (Å²) in [6, 6.07) is 14.1. The Labute approximate surface area is 153 Å². The molecule has 0 saturated heterocycles. The van der Waals surface area contributed by atoms with E-state index in [0.717, 1.165) is 11.1 Å². The second kappa shape index (κ2) is 8.92. The Morgan fingerprint density at radius 3 is 2.38 bits per heavy atom. The number of anilines is 1. The molecule has 0 radical (unpaired) electrons. The van der Waals surface area contributed by atoms with E-state index in [1.54, 1.807) is 36.4 Å². The molecule has 2 aromatic rings. The number of amides is 1. The summed E-state index contributed by atoms with van der Waals surface area (Å²) >= 11 is 0. The zero-order chi connectivity index (χ0) is 18.9. The highest BCUT2D eigenvalue weighted by Crippen LogP contribution is 2.15. The van der Waals surface area contributed by atoms with Crippen LogP contribution in [0.25, 0.3) is 0 Å². The van der Waals surface area contributed by atoms with E-state index in [4.69, 9.17) is 12.8 Å². The first kappa shape index (κ1) is 18.6. The van der Waals surface area contributed by atoms with Gasteiger partial charge in [0, 0.05) is 23.0 Å². The molecule has 0 atom stereocenters. The minimum atomic E-state index is -0.538. The molecule has 0 unspecified atom stereocenters. The van der Waals surface area contributed by atoms with E-state index in [0.29, 0.717) is 11.3 Å². The minimum Gasteiger partial charge on any atom is -0.361 e. The van der Waals surface area contributed by atoms with Gasteiger partial charge in [-0.15, -0.1) is 12.8 Å². The van der Waals surface area contributed by atoms with E-state index in [-0.39, 0.29) is 17.9 Å². The normalized spacial score (nSPS) is 10.3. The standard InChI is InChI=1S/C22H18N2O2/c1-4-14-23-22(26)20(21(25)19-9-7-6-8-16(19)3)15-24-18-12-10-17(5-2)11-13-18/h1-2,6-13,15,24H,14H2,3H3,(H,23,26)/b20-15-. The van der Waals surface area contributed by atoms with Crippen molar-refractivity contribution in [2.45, 2.75) is 6.92 Å². The number of carbonyl (C=O) groups is 2. The van der Waals surface area contributed by atoms with E-state index in [2.05, 4.69) is 22.5 Å². The molecule has 0 spiro atoms. The van der Waals surface area contributed by atoms with Gasteiger partial charge in [-0.05, 0) is 36.8 Å². The Morgan fingerprint density at radius 2 is 1.77 bits per heavy atom. The summed E-state index contributed by atoms with van der Waals surface area (Å²) in [4.78, 5) is 25.2. The molecule has 0 aliphatic heterocycles. The van der Waals surface area contributed by atoms with Gasteiger partial charge in [0.15, 0.2) is 5.78 Å². The highest BCUT2D eigenvalue weighted by molar-refractivity contribution is 6.26. The van der Waals surface area contributed by atoms with Crippen molar-refractivity contribution < 1.29 is 9.59 Å². The third-order valence-corrected chi connectivity index (χ3v) is 3.66. The van der Waals surface area contributed by atoms with Gasteiger partial charge in [0.05, 0.1) is 6.54 Å². The van der Waals surface area contributed by atoms with Crippen molar-refractivity contribution in [3.8, 4) is 24.7 Å². The van der Waals surface area contributed by atoms with Gasteiger partial charge in [-0.3, -0.25) is 9.59 Å². The van der Waals surface area contributed by atoms with E-state index < -0.39 is 5.91 Å². The smallest absolute Gasteiger partial charge is 0.257 e. The van der Waals surface area contributed by atoms with Crippen molar-refractivity contribution in [3.05, 3.63) is 77.0 Å². The number of carbonyl (C=O) groups excluding carboxylic acids is 2. The van der Waals surface area contributed by atoms with Crippen LogP contribution in [0.5, 0.6) is 0 Å². The lowest BCUT2D eigenvalue weighted by Gasteiger charge is -2.10. The molecule has 2 N–H and O–H groups in total. The predicted octanol–water partition coefficient (Wildman–Crippen LogP) is 2.90. The van der Waals surface area contributed by atoms with Gasteiger partial charge < -0.3 is 10.6 Å². The van der Waals surface area contributed by atoms with Crippen molar-refractivity contribution in [3.63, 3.8) is 0 Å². The molecule has 0 saturated carbocycles. The first-order valence-electron chi connectivity index (χ1n) is 7.92. The van der Waals surface area contributed by atoms with Gasteiger partial charge in [-0.25, -0.2) is 0 Å². The van der Waals surface area contributed by atoms with Crippen molar-refractivity contribution in [1.82, 2.24) is 5.32 Å². The molecule has 0 aromatic heterocycles. The Balaban J connectivity index is 2.32. The van der Waals surface area contributed by atoms with Gasteiger partial charge in [-0.1, -0.05) is 36.1 Å². The van der Waals surface area contributed by atoms with Crippen LogP contribution < -0.4 is 10.6 Å². The monoisotopic (exact) mass is 342 g/mol. The quantitative estimate of drug-likeness (QED) is 0.279. The Morgan fingerprint density at radius 1 is 1.08 bits per heavy atom. The maximum atomic E-state index is 12.8. The van der Waals surface area contributed by atoms with Crippen LogP contribution in [-0.4, -0.2) is 18.2 Å². The maximum absolute atomic E-state index is 12.8. The number of rotatable bonds is 6. The van der Waals surface area contributed by atoms with Crippen LogP contribution in [0, 0.1) is 31.6 Å². The van der Waals surface area contributed by atoms with E-state index in [1.807, 2.05) is 19.1 Å². The van der Waals surface area contributed by atoms with Crippen LogP contribution >= 0.6 is 0 Å². The molecule has 0 fully saturated rings. The number of Topliss-reactive ketones (excluding diaryl/α,β-unsaturated/α-hetero) is 1. The number of benzene rings is 2. The second-order valence-electron chi connectivity index (χ2n) is 5.45. The Kier molecular flexibility index (Phi) is 6.37. The topological polar surface area (TPSA) is 58.2 Å². The average Bonchev–Trinajstić information content (AvgIpc) is 2.67. The summed E-state index contributed by atoms with van der Waals surface area (Å²) in [6.07, 6.45) is 11.9. The molecular formula is C22H18N2O2. The van der Waals surface area contributed by atoms with Gasteiger partial charge >= 0.3 is 0 Å². The second-order valence-corrected chi connectivity index (χ2v) is 5.45. The van der Waals surface area contributed by atoms with Crippen molar-refractivity contribution in [1.29, 1.82) is 0 Å². The zero-order valence-corrected chi connectivity index (χ0v) is 14.4. The van der Waals surface area contributed by atoms with Crippen LogP contribution in [0.2, 0.25) is 0 Å². The third-order valence-electron chi connectivity index (χ3n) is 3.66. The molecular weight excluding hydrogens is 324 g/mol. The third kappa shape index (κ3) is 4.63. The van der Waals surface area contributed by atoms with Crippen molar-refractivity contribution in [2.75, 3.05) is 11.9 Å². The van der Waals surface area contributed by atoms with E-state index >= 15 is 0 Å². The summed E-state index contributed by atoms with van der Waals surface area (Å²) in [6.45, 7) is 1.85. The van der Waals surface area contributed by atoms with Crippen molar-refractivity contribution >= 4 is 17.4 Å². The summed E-state index contributed by atoms with van der Waals surface area (Å²) in [5, 5.41) is 5.49. The van der Waals surface area contributed by atoms with Crippen molar-refractivity contribution in [2.24, 2.45) is 0 Å². The predicted molar refractivity (Wildman–Crippen MR) is 103 cm³/mol. The lowest BCUT2D eigenvalue weighted by atomic mass is 9.99. The SMILES string of the molecule is C#CCNC(=O)/C(=C\Nc1ccc(C#C)cc1)C(=O)c1ccccc1C. The number of hydrogen-bond acceptors (Lipinski definition) is 3. The molecule has 128 valence electrons. The first-order valence-corrected chi connectivity index (χ1v) is 7.92. The molecule has 2 aromatic carbocycles. The largest absolute Gasteiger partial charge is 0.361 e. The Bertz CT molecular complexity index is 926. The van der Waals surface area contributed by atoms with Crippen LogP contribution in [-0.2, 0) is 4.79 Å². The van der Waals surface area contributed by atoms with Crippen LogP contribution in [0.3, 0.4) is 0 Å². The number of ketones is 1. The summed E-state index contributed by atoms with van der Waals surface area (Å²) in [7, 11) is 0. The number of nitrogens with one attached hydrogen (secondary N) is 2. The van der Waals surface area contributed by atoms with E-state index in [9.17, 15) is 9.59 Å². The molecule has 4 heteroatoms. The number of terminal acetylenes is 2. The highest BCUT2D eigenvalue weighted by atomic mass is 16.2. The number of aryl methyl sites for hydroxylation is 1. The lowest BCUT2D eigenvalue weighted by Crippen LogP contribution is -2.29. The molecule has 0 aliphatic carbocycles. The lowest BCUT2D eigenvalue weighted by molar-refractivity contribution is -0.116. The van der Waals surface area contributed by atoms with Crippen LogP contribution in [0.15, 0.2) is 60.3 Å². The molecule has 26 heavy (non-hydrogen) atoms. The van der Waals surface area contributed by atoms with Crippen LogP contribution in [0.1, 0.15) is 21.5 Å². The zero-order valence-electron chi connectivity index (χ0n) is 14.4. The van der Waals surface area contributed by atoms with Gasteiger partial charge in [0.1, 0.15) is 5.57 Å². The Hall–Kier alpha value is -3.76. The molecule has 0 bridgehead atoms. The fourth-order valence-electron chi connectivity index (χ4n) is 2.25. The summed E-state index contributed by atoms with van der Waals surface area (Å²) < 4.78 is 0. The molecule has 1 amide bonds. The average molecular weight is 342 g/mol.